The number of phenolic OH excluding ortho intramolecular Hbond substituents is 1. The second-order valence-corrected chi connectivity index (χ2v) is 5.65. The van der Waals surface area contributed by atoms with Crippen LogP contribution in [0.15, 0.2) is 18.2 Å². The van der Waals surface area contributed by atoms with Gasteiger partial charge in [-0.1, -0.05) is 11.6 Å². The van der Waals surface area contributed by atoms with Crippen LogP contribution in [0.2, 0.25) is 5.02 Å². The van der Waals surface area contributed by atoms with E-state index in [0.717, 1.165) is 0 Å². The lowest BCUT2D eigenvalue weighted by Crippen LogP contribution is -2.33. The Bertz CT molecular complexity index is 457. The van der Waals surface area contributed by atoms with Crippen LogP contribution in [0.4, 0.5) is 4.79 Å². The van der Waals surface area contributed by atoms with Crippen LogP contribution in [0.3, 0.4) is 0 Å². The highest BCUT2D eigenvalue weighted by Gasteiger charge is 2.15. The normalized spacial score (nSPS) is 11.0. The van der Waals surface area contributed by atoms with Gasteiger partial charge in [0.05, 0.1) is 11.6 Å². The first-order valence-corrected chi connectivity index (χ1v) is 6.74. The SMILES string of the molecule is CC(C)(C)OC(=O)NCCCOc1cc(O)ccc1Cl. The van der Waals surface area contributed by atoms with E-state index in [1.165, 1.54) is 12.1 Å². The third kappa shape index (κ3) is 6.52. The van der Waals surface area contributed by atoms with Gasteiger partial charge in [0.15, 0.2) is 0 Å². The van der Waals surface area contributed by atoms with Gasteiger partial charge < -0.3 is 19.9 Å². The topological polar surface area (TPSA) is 67.8 Å². The molecular weight excluding hydrogens is 282 g/mol. The first-order chi connectivity index (χ1) is 9.28. The van der Waals surface area contributed by atoms with Crippen molar-refractivity contribution in [1.29, 1.82) is 0 Å². The van der Waals surface area contributed by atoms with E-state index in [0.29, 0.717) is 30.3 Å². The second-order valence-electron chi connectivity index (χ2n) is 5.25. The first kappa shape index (κ1) is 16.4. The molecule has 2 N–H and O–H groups in total. The van der Waals surface area contributed by atoms with Crippen LogP contribution in [0, 0.1) is 0 Å². The monoisotopic (exact) mass is 301 g/mol. The summed E-state index contributed by atoms with van der Waals surface area (Å²) >= 11 is 5.91. The molecule has 5 nitrogen and oxygen atoms in total. The summed E-state index contributed by atoms with van der Waals surface area (Å²) in [5.41, 5.74) is -0.504. The van der Waals surface area contributed by atoms with Crippen LogP contribution in [-0.2, 0) is 4.74 Å². The van der Waals surface area contributed by atoms with Crippen molar-refractivity contribution in [3.05, 3.63) is 23.2 Å². The van der Waals surface area contributed by atoms with Crippen LogP contribution in [0.25, 0.3) is 0 Å². The third-order valence-electron chi connectivity index (χ3n) is 2.16. The molecule has 0 aliphatic rings. The Labute approximate surface area is 123 Å². The summed E-state index contributed by atoms with van der Waals surface area (Å²) in [7, 11) is 0. The molecule has 1 aromatic rings. The van der Waals surface area contributed by atoms with E-state index < -0.39 is 11.7 Å². The van der Waals surface area contributed by atoms with Crippen LogP contribution in [0.5, 0.6) is 11.5 Å². The van der Waals surface area contributed by atoms with Crippen molar-refractivity contribution in [1.82, 2.24) is 5.32 Å². The van der Waals surface area contributed by atoms with Crippen LogP contribution in [0.1, 0.15) is 27.2 Å². The van der Waals surface area contributed by atoms with E-state index in [2.05, 4.69) is 5.32 Å². The molecule has 0 spiro atoms. The van der Waals surface area contributed by atoms with Crippen molar-refractivity contribution in [2.45, 2.75) is 32.8 Å². The van der Waals surface area contributed by atoms with Crippen molar-refractivity contribution >= 4 is 17.7 Å². The molecule has 0 fully saturated rings. The Morgan fingerprint density at radius 1 is 1.40 bits per heavy atom. The number of alkyl carbamates (subject to hydrolysis) is 1. The average Bonchev–Trinajstić information content (AvgIpc) is 2.30. The lowest BCUT2D eigenvalue weighted by atomic mass is 10.2. The summed E-state index contributed by atoms with van der Waals surface area (Å²) in [4.78, 5) is 11.4. The van der Waals surface area contributed by atoms with Gasteiger partial charge in [0.25, 0.3) is 0 Å². The molecule has 20 heavy (non-hydrogen) atoms. The number of carbonyl (C=O) groups is 1. The van der Waals surface area contributed by atoms with Crippen molar-refractivity contribution in [2.24, 2.45) is 0 Å². The molecule has 1 aromatic carbocycles. The molecular formula is C14H20ClNO4. The van der Waals surface area contributed by atoms with Gasteiger partial charge in [-0.15, -0.1) is 0 Å². The molecule has 0 heterocycles. The van der Waals surface area contributed by atoms with E-state index in [4.69, 9.17) is 21.1 Å². The maximum absolute atomic E-state index is 11.4. The summed E-state index contributed by atoms with van der Waals surface area (Å²) in [5, 5.41) is 12.4. The molecule has 0 radical (unpaired) electrons. The first-order valence-electron chi connectivity index (χ1n) is 6.36. The number of ether oxygens (including phenoxy) is 2. The average molecular weight is 302 g/mol. The number of aromatic hydroxyl groups is 1. The zero-order valence-corrected chi connectivity index (χ0v) is 12.7. The number of carbonyl (C=O) groups excluding carboxylic acids is 1. The minimum Gasteiger partial charge on any atom is -0.508 e. The Morgan fingerprint density at radius 2 is 2.10 bits per heavy atom. The van der Waals surface area contributed by atoms with Crippen molar-refractivity contribution in [3.8, 4) is 11.5 Å². The smallest absolute Gasteiger partial charge is 0.407 e. The fourth-order valence-corrected chi connectivity index (χ4v) is 1.53. The molecule has 0 bridgehead atoms. The van der Waals surface area contributed by atoms with Gasteiger partial charge in [-0.3, -0.25) is 0 Å². The summed E-state index contributed by atoms with van der Waals surface area (Å²) in [6.07, 6.45) is 0.151. The number of halogens is 1. The highest BCUT2D eigenvalue weighted by atomic mass is 35.5. The zero-order valence-electron chi connectivity index (χ0n) is 11.9. The highest BCUT2D eigenvalue weighted by molar-refractivity contribution is 6.32. The predicted octanol–water partition coefficient (Wildman–Crippen LogP) is 3.34. The Kier molecular flexibility index (Phi) is 5.95. The Balaban J connectivity index is 2.22. The molecule has 1 rings (SSSR count). The minimum absolute atomic E-state index is 0.0938. The van der Waals surface area contributed by atoms with Crippen molar-refractivity contribution in [2.75, 3.05) is 13.2 Å². The molecule has 0 saturated carbocycles. The molecule has 6 heteroatoms. The van der Waals surface area contributed by atoms with E-state index in [-0.39, 0.29) is 5.75 Å². The summed E-state index contributed by atoms with van der Waals surface area (Å²) in [5.74, 6) is 0.514. The summed E-state index contributed by atoms with van der Waals surface area (Å²) in [6, 6.07) is 4.49. The lowest BCUT2D eigenvalue weighted by molar-refractivity contribution is 0.0525. The summed E-state index contributed by atoms with van der Waals surface area (Å²) < 4.78 is 10.5. The van der Waals surface area contributed by atoms with Crippen LogP contribution < -0.4 is 10.1 Å². The molecule has 0 unspecified atom stereocenters. The third-order valence-corrected chi connectivity index (χ3v) is 2.47. The van der Waals surface area contributed by atoms with Crippen molar-refractivity contribution < 1.29 is 19.4 Å². The lowest BCUT2D eigenvalue weighted by Gasteiger charge is -2.19. The summed E-state index contributed by atoms with van der Waals surface area (Å²) in [6.45, 7) is 6.23. The number of benzene rings is 1. The minimum atomic E-state index is -0.504. The largest absolute Gasteiger partial charge is 0.508 e. The second kappa shape index (κ2) is 7.24. The Hall–Kier alpha value is -1.62. The molecule has 112 valence electrons. The maximum Gasteiger partial charge on any atom is 0.407 e. The molecule has 0 aromatic heterocycles. The van der Waals surface area contributed by atoms with E-state index >= 15 is 0 Å². The quantitative estimate of drug-likeness (QED) is 0.819. The van der Waals surface area contributed by atoms with E-state index in [1.54, 1.807) is 26.8 Å². The fourth-order valence-electron chi connectivity index (χ4n) is 1.36. The van der Waals surface area contributed by atoms with Gasteiger partial charge in [-0.05, 0) is 39.3 Å². The standard InChI is InChI=1S/C14H20ClNO4/c1-14(2,3)20-13(18)16-7-4-8-19-12-9-10(17)5-6-11(12)15/h5-6,9,17H,4,7-8H2,1-3H3,(H,16,18). The number of nitrogens with one attached hydrogen (secondary N) is 1. The van der Waals surface area contributed by atoms with E-state index in [1.807, 2.05) is 0 Å². The number of hydrogen-bond acceptors (Lipinski definition) is 4. The van der Waals surface area contributed by atoms with Crippen molar-refractivity contribution in [3.63, 3.8) is 0 Å². The molecule has 0 aliphatic carbocycles. The molecule has 0 atom stereocenters. The van der Waals surface area contributed by atoms with Crippen LogP contribution >= 0.6 is 11.6 Å². The zero-order chi connectivity index (χ0) is 15.2. The number of amides is 1. The fraction of sp³-hybridized carbons (Fsp3) is 0.500. The number of hydrogen-bond donors (Lipinski definition) is 2. The van der Waals surface area contributed by atoms with Gasteiger partial charge in [0.1, 0.15) is 17.1 Å². The van der Waals surface area contributed by atoms with Gasteiger partial charge in [-0.2, -0.15) is 0 Å². The highest BCUT2D eigenvalue weighted by Crippen LogP contribution is 2.28. The molecule has 0 aliphatic heterocycles. The molecule has 1 amide bonds. The van der Waals surface area contributed by atoms with Gasteiger partial charge in [-0.25, -0.2) is 4.79 Å². The van der Waals surface area contributed by atoms with Gasteiger partial charge in [0.2, 0.25) is 0 Å². The van der Waals surface area contributed by atoms with Crippen LogP contribution in [-0.4, -0.2) is 30.0 Å². The number of phenols is 1. The van der Waals surface area contributed by atoms with Gasteiger partial charge in [0, 0.05) is 12.6 Å². The number of rotatable bonds is 5. The van der Waals surface area contributed by atoms with Gasteiger partial charge >= 0.3 is 6.09 Å². The Morgan fingerprint density at radius 3 is 2.75 bits per heavy atom. The molecule has 0 saturated heterocycles. The maximum atomic E-state index is 11.4. The predicted molar refractivity (Wildman–Crippen MR) is 77.5 cm³/mol. The van der Waals surface area contributed by atoms with E-state index in [9.17, 15) is 9.90 Å².